The first kappa shape index (κ1) is 10.2. The summed E-state index contributed by atoms with van der Waals surface area (Å²) in [5.74, 6) is 0. The average molecular weight is 284 g/mol. The van der Waals surface area contributed by atoms with E-state index in [1.165, 1.54) is 0 Å². The molecule has 1 saturated heterocycles. The SMILES string of the molecule is O[C@@H]1COC[C@H]1n1ncc2nc(Br)ccc21. The van der Waals surface area contributed by atoms with Gasteiger partial charge in [-0.15, -0.1) is 0 Å². The van der Waals surface area contributed by atoms with Crippen LogP contribution in [0.5, 0.6) is 0 Å². The van der Waals surface area contributed by atoms with Crippen LogP contribution in [0.25, 0.3) is 11.0 Å². The van der Waals surface area contributed by atoms with E-state index in [-0.39, 0.29) is 6.04 Å². The minimum Gasteiger partial charge on any atom is -0.388 e. The van der Waals surface area contributed by atoms with Crippen LogP contribution in [0.4, 0.5) is 0 Å². The van der Waals surface area contributed by atoms with Crippen molar-refractivity contribution in [3.05, 3.63) is 22.9 Å². The molecular weight excluding hydrogens is 274 g/mol. The molecular formula is C10H10BrN3O2. The van der Waals surface area contributed by atoms with Gasteiger partial charge in [-0.05, 0) is 28.1 Å². The molecule has 1 aliphatic rings. The van der Waals surface area contributed by atoms with Crippen molar-refractivity contribution in [1.29, 1.82) is 0 Å². The Hall–Kier alpha value is -0.980. The lowest BCUT2D eigenvalue weighted by atomic mass is 10.2. The lowest BCUT2D eigenvalue weighted by Gasteiger charge is -2.13. The van der Waals surface area contributed by atoms with Gasteiger partial charge in [0.15, 0.2) is 0 Å². The molecule has 1 N–H and O–H groups in total. The third kappa shape index (κ3) is 1.53. The quantitative estimate of drug-likeness (QED) is 0.797. The maximum atomic E-state index is 9.76. The van der Waals surface area contributed by atoms with Gasteiger partial charge < -0.3 is 9.84 Å². The van der Waals surface area contributed by atoms with Crippen LogP contribution in [-0.4, -0.2) is 39.2 Å². The summed E-state index contributed by atoms with van der Waals surface area (Å²) >= 11 is 3.31. The number of rotatable bonds is 1. The fraction of sp³-hybridized carbons (Fsp3) is 0.400. The van der Waals surface area contributed by atoms with Crippen molar-refractivity contribution in [1.82, 2.24) is 14.8 Å². The van der Waals surface area contributed by atoms with E-state index in [1.54, 1.807) is 10.9 Å². The van der Waals surface area contributed by atoms with Gasteiger partial charge in [0.2, 0.25) is 0 Å². The predicted octanol–water partition coefficient (Wildman–Crippen LogP) is 1.13. The Labute approximate surface area is 100 Å². The molecule has 0 bridgehead atoms. The van der Waals surface area contributed by atoms with Crippen molar-refractivity contribution in [3.63, 3.8) is 0 Å². The maximum Gasteiger partial charge on any atom is 0.110 e. The minimum absolute atomic E-state index is 0.111. The van der Waals surface area contributed by atoms with Crippen LogP contribution in [0.3, 0.4) is 0 Å². The van der Waals surface area contributed by atoms with E-state index >= 15 is 0 Å². The van der Waals surface area contributed by atoms with Crippen molar-refractivity contribution in [3.8, 4) is 0 Å². The number of hydrogen-bond donors (Lipinski definition) is 1. The van der Waals surface area contributed by atoms with Crippen LogP contribution in [0.15, 0.2) is 22.9 Å². The van der Waals surface area contributed by atoms with E-state index < -0.39 is 6.10 Å². The van der Waals surface area contributed by atoms with Crippen LogP contribution < -0.4 is 0 Å². The van der Waals surface area contributed by atoms with E-state index in [1.807, 2.05) is 12.1 Å². The Balaban J connectivity index is 2.10. The molecule has 0 spiro atoms. The highest BCUT2D eigenvalue weighted by Gasteiger charge is 2.29. The standard InChI is InChI=1S/C10H10BrN3O2/c11-10-2-1-7-6(13-10)3-12-14(7)8-4-16-5-9(8)15/h1-3,8-9,15H,4-5H2/t8-,9-/m1/s1. The van der Waals surface area contributed by atoms with Crippen molar-refractivity contribution >= 4 is 27.0 Å². The first-order valence-corrected chi connectivity index (χ1v) is 5.80. The van der Waals surface area contributed by atoms with Crippen LogP contribution in [0, 0.1) is 0 Å². The van der Waals surface area contributed by atoms with E-state index in [2.05, 4.69) is 26.0 Å². The number of halogens is 1. The molecule has 0 radical (unpaired) electrons. The third-order valence-electron chi connectivity index (χ3n) is 2.76. The minimum atomic E-state index is -0.494. The fourth-order valence-corrected chi connectivity index (χ4v) is 2.26. The van der Waals surface area contributed by atoms with Crippen LogP contribution >= 0.6 is 15.9 Å². The van der Waals surface area contributed by atoms with Crippen molar-refractivity contribution < 1.29 is 9.84 Å². The summed E-state index contributed by atoms with van der Waals surface area (Å²) < 4.78 is 7.79. The number of aliphatic hydroxyl groups excluding tert-OH is 1. The van der Waals surface area contributed by atoms with E-state index in [0.29, 0.717) is 13.2 Å². The first-order chi connectivity index (χ1) is 7.75. The Morgan fingerprint density at radius 2 is 2.31 bits per heavy atom. The Morgan fingerprint density at radius 3 is 3.06 bits per heavy atom. The predicted molar refractivity (Wildman–Crippen MR) is 61.1 cm³/mol. The van der Waals surface area contributed by atoms with Gasteiger partial charge in [-0.1, -0.05) is 0 Å². The summed E-state index contributed by atoms with van der Waals surface area (Å²) in [6, 6.07) is 3.69. The van der Waals surface area contributed by atoms with Crippen LogP contribution in [-0.2, 0) is 4.74 Å². The van der Waals surface area contributed by atoms with Gasteiger partial charge in [0.05, 0.1) is 24.9 Å². The van der Waals surface area contributed by atoms with Crippen molar-refractivity contribution in [2.45, 2.75) is 12.1 Å². The van der Waals surface area contributed by atoms with Gasteiger partial charge in [-0.3, -0.25) is 4.68 Å². The van der Waals surface area contributed by atoms with E-state index in [4.69, 9.17) is 4.74 Å². The molecule has 3 heterocycles. The third-order valence-corrected chi connectivity index (χ3v) is 3.20. The Morgan fingerprint density at radius 1 is 1.44 bits per heavy atom. The molecule has 3 rings (SSSR count). The summed E-state index contributed by atoms with van der Waals surface area (Å²) in [6.45, 7) is 0.865. The summed E-state index contributed by atoms with van der Waals surface area (Å²) in [4.78, 5) is 4.30. The molecule has 2 atom stereocenters. The second-order valence-corrected chi connectivity index (χ2v) is 4.61. The zero-order chi connectivity index (χ0) is 11.1. The molecule has 2 aromatic rings. The first-order valence-electron chi connectivity index (χ1n) is 5.01. The number of ether oxygens (including phenoxy) is 1. The monoisotopic (exact) mass is 283 g/mol. The molecule has 16 heavy (non-hydrogen) atoms. The highest BCUT2D eigenvalue weighted by atomic mass is 79.9. The maximum absolute atomic E-state index is 9.76. The molecule has 2 aromatic heterocycles. The number of aromatic nitrogens is 3. The second kappa shape index (κ2) is 3.80. The van der Waals surface area contributed by atoms with Gasteiger partial charge in [0, 0.05) is 0 Å². The van der Waals surface area contributed by atoms with Gasteiger partial charge in [-0.25, -0.2) is 4.98 Å². The topological polar surface area (TPSA) is 60.2 Å². The summed E-state index contributed by atoms with van der Waals surface area (Å²) in [6.07, 6.45) is 1.21. The van der Waals surface area contributed by atoms with Crippen molar-refractivity contribution in [2.75, 3.05) is 13.2 Å². The highest BCUT2D eigenvalue weighted by molar-refractivity contribution is 9.10. The number of nitrogens with zero attached hydrogens (tertiary/aromatic N) is 3. The Bertz CT molecular complexity index is 528. The molecule has 0 aliphatic carbocycles. The van der Waals surface area contributed by atoms with Crippen LogP contribution in [0.1, 0.15) is 6.04 Å². The molecule has 6 heteroatoms. The average Bonchev–Trinajstić information content (AvgIpc) is 2.83. The van der Waals surface area contributed by atoms with E-state index in [9.17, 15) is 5.11 Å². The van der Waals surface area contributed by atoms with Crippen molar-refractivity contribution in [2.24, 2.45) is 0 Å². The summed E-state index contributed by atoms with van der Waals surface area (Å²) in [5.41, 5.74) is 1.73. The molecule has 0 aromatic carbocycles. The van der Waals surface area contributed by atoms with E-state index in [0.717, 1.165) is 15.6 Å². The molecule has 1 aliphatic heterocycles. The lowest BCUT2D eigenvalue weighted by Crippen LogP contribution is -2.22. The van der Waals surface area contributed by atoms with Crippen LogP contribution in [0.2, 0.25) is 0 Å². The smallest absolute Gasteiger partial charge is 0.110 e. The molecule has 84 valence electrons. The van der Waals surface area contributed by atoms with Gasteiger partial charge in [-0.2, -0.15) is 5.10 Å². The fourth-order valence-electron chi connectivity index (χ4n) is 1.94. The zero-order valence-corrected chi connectivity index (χ0v) is 9.96. The number of aliphatic hydroxyl groups is 1. The molecule has 0 amide bonds. The number of fused-ring (bicyclic) bond motifs is 1. The number of hydrogen-bond acceptors (Lipinski definition) is 4. The molecule has 1 fully saturated rings. The van der Waals surface area contributed by atoms with Gasteiger partial charge in [0.1, 0.15) is 22.3 Å². The molecule has 5 nitrogen and oxygen atoms in total. The van der Waals surface area contributed by atoms with Gasteiger partial charge in [0.25, 0.3) is 0 Å². The summed E-state index contributed by atoms with van der Waals surface area (Å²) in [5, 5.41) is 14.0. The number of pyridine rings is 1. The zero-order valence-electron chi connectivity index (χ0n) is 8.38. The molecule has 0 saturated carbocycles. The molecule has 0 unspecified atom stereocenters. The van der Waals surface area contributed by atoms with Gasteiger partial charge >= 0.3 is 0 Å². The Kier molecular flexibility index (Phi) is 2.42. The normalized spacial score (nSPS) is 25.4. The second-order valence-electron chi connectivity index (χ2n) is 3.80. The summed E-state index contributed by atoms with van der Waals surface area (Å²) in [7, 11) is 0. The largest absolute Gasteiger partial charge is 0.388 e. The lowest BCUT2D eigenvalue weighted by molar-refractivity contribution is 0.118. The highest BCUT2D eigenvalue weighted by Crippen LogP contribution is 2.24.